The first-order valence-corrected chi connectivity index (χ1v) is 11.9. The second kappa shape index (κ2) is 9.86. The number of hydrogen-bond acceptors (Lipinski definition) is 4. The molecular formula is C20H31FN4O3S. The second-order valence-corrected chi connectivity index (χ2v) is 9.76. The van der Waals surface area contributed by atoms with E-state index in [-0.39, 0.29) is 30.3 Å². The van der Waals surface area contributed by atoms with E-state index < -0.39 is 10.0 Å². The third-order valence-corrected chi connectivity index (χ3v) is 6.83. The number of sulfonamides is 1. The summed E-state index contributed by atoms with van der Waals surface area (Å²) in [4.78, 5) is 6.36. The van der Waals surface area contributed by atoms with Crippen LogP contribution in [-0.2, 0) is 14.8 Å². The fourth-order valence-corrected chi connectivity index (χ4v) is 4.63. The molecule has 2 fully saturated rings. The van der Waals surface area contributed by atoms with Crippen LogP contribution in [0.1, 0.15) is 37.9 Å². The Morgan fingerprint density at radius 3 is 2.62 bits per heavy atom. The smallest absolute Gasteiger partial charge is 0.213 e. The zero-order valence-electron chi connectivity index (χ0n) is 17.1. The lowest BCUT2D eigenvalue weighted by Crippen LogP contribution is -2.51. The van der Waals surface area contributed by atoms with Gasteiger partial charge in [-0.15, -0.1) is 0 Å². The monoisotopic (exact) mass is 426 g/mol. The molecule has 1 aliphatic heterocycles. The lowest BCUT2D eigenvalue weighted by atomic mass is 9.86. The van der Waals surface area contributed by atoms with E-state index in [4.69, 9.17) is 4.74 Å². The Morgan fingerprint density at radius 1 is 1.28 bits per heavy atom. The molecule has 0 radical (unpaired) electrons. The first-order chi connectivity index (χ1) is 13.9. The summed E-state index contributed by atoms with van der Waals surface area (Å²) >= 11 is 0. The number of hydrogen-bond donors (Lipinski definition) is 2. The molecule has 9 heteroatoms. The van der Waals surface area contributed by atoms with Crippen LogP contribution in [0.15, 0.2) is 29.3 Å². The number of halogens is 1. The van der Waals surface area contributed by atoms with Crippen molar-refractivity contribution in [3.05, 3.63) is 35.6 Å². The Hall–Kier alpha value is -1.71. The van der Waals surface area contributed by atoms with E-state index in [0.29, 0.717) is 31.5 Å². The molecule has 0 amide bonds. The van der Waals surface area contributed by atoms with Crippen LogP contribution in [0.4, 0.5) is 4.39 Å². The number of ether oxygens (including phenoxy) is 1. The summed E-state index contributed by atoms with van der Waals surface area (Å²) in [5.41, 5.74) is 0.904. The van der Waals surface area contributed by atoms with Crippen molar-refractivity contribution in [2.75, 3.05) is 39.0 Å². The van der Waals surface area contributed by atoms with E-state index in [1.165, 1.54) is 18.6 Å². The molecule has 3 rings (SSSR count). The van der Waals surface area contributed by atoms with Gasteiger partial charge in [-0.3, -0.25) is 4.99 Å². The van der Waals surface area contributed by atoms with Gasteiger partial charge in [-0.25, -0.2) is 17.5 Å². The van der Waals surface area contributed by atoms with Crippen LogP contribution in [0.5, 0.6) is 0 Å². The molecular weight excluding hydrogens is 395 g/mol. The number of rotatable bonds is 7. The molecule has 0 aromatic heterocycles. The topological polar surface area (TPSA) is 83.0 Å². The number of benzene rings is 1. The molecule has 0 bridgehead atoms. The fraction of sp³-hybridized carbons (Fsp3) is 0.650. The number of guanidine groups is 1. The van der Waals surface area contributed by atoms with Gasteiger partial charge < -0.3 is 15.0 Å². The molecule has 1 aromatic carbocycles. The molecule has 2 unspecified atom stereocenters. The van der Waals surface area contributed by atoms with Crippen molar-refractivity contribution in [3.63, 3.8) is 0 Å². The average Bonchev–Trinajstić information content (AvgIpc) is 2.64. The van der Waals surface area contributed by atoms with Gasteiger partial charge in [0.25, 0.3) is 0 Å². The predicted molar refractivity (Wildman–Crippen MR) is 112 cm³/mol. The van der Waals surface area contributed by atoms with Gasteiger partial charge in [-0.05, 0) is 43.4 Å². The van der Waals surface area contributed by atoms with Gasteiger partial charge in [0.1, 0.15) is 11.9 Å². The maximum Gasteiger partial charge on any atom is 0.213 e. The van der Waals surface area contributed by atoms with E-state index in [1.54, 1.807) is 19.2 Å². The van der Waals surface area contributed by atoms with Gasteiger partial charge in [0, 0.05) is 26.7 Å². The Kier molecular flexibility index (Phi) is 7.48. The SMILES string of the molecule is CN=C(NCCS(=O)(=O)NCC1CCC1)N1CC(C)OC(c2ccc(F)cc2)C1. The van der Waals surface area contributed by atoms with Crippen molar-refractivity contribution >= 4 is 16.0 Å². The highest BCUT2D eigenvalue weighted by molar-refractivity contribution is 7.89. The third-order valence-electron chi connectivity index (χ3n) is 5.48. The number of aliphatic imine (C=N–C) groups is 1. The van der Waals surface area contributed by atoms with E-state index in [0.717, 1.165) is 18.4 Å². The minimum Gasteiger partial charge on any atom is -0.367 e. The van der Waals surface area contributed by atoms with Crippen molar-refractivity contribution < 1.29 is 17.5 Å². The number of nitrogens with zero attached hydrogens (tertiary/aromatic N) is 2. The maximum atomic E-state index is 13.2. The summed E-state index contributed by atoms with van der Waals surface area (Å²) in [5.74, 6) is 0.851. The molecule has 1 saturated heterocycles. The summed E-state index contributed by atoms with van der Waals surface area (Å²) in [6.07, 6.45) is 3.17. The molecule has 2 aliphatic rings. The van der Waals surface area contributed by atoms with E-state index in [1.807, 2.05) is 6.92 Å². The summed E-state index contributed by atoms with van der Waals surface area (Å²) in [7, 11) is -1.62. The van der Waals surface area contributed by atoms with Crippen molar-refractivity contribution in [3.8, 4) is 0 Å². The molecule has 1 saturated carbocycles. The molecule has 0 spiro atoms. The van der Waals surface area contributed by atoms with Crippen molar-refractivity contribution in [2.24, 2.45) is 10.9 Å². The van der Waals surface area contributed by atoms with Gasteiger partial charge >= 0.3 is 0 Å². The first kappa shape index (κ1) is 22.0. The largest absolute Gasteiger partial charge is 0.367 e. The standard InChI is InChI=1S/C20H31FN4O3S/c1-15-13-25(14-19(28-15)17-6-8-18(21)9-7-17)20(22-2)23-10-11-29(26,27)24-12-16-4-3-5-16/h6-9,15-16,19,24H,3-5,10-14H2,1-2H3,(H,22,23). The molecule has 1 aromatic rings. The molecule has 162 valence electrons. The van der Waals surface area contributed by atoms with Crippen LogP contribution >= 0.6 is 0 Å². The fourth-order valence-electron chi connectivity index (χ4n) is 3.63. The van der Waals surface area contributed by atoms with E-state index in [2.05, 4.69) is 19.9 Å². The quantitative estimate of drug-likeness (QED) is 0.514. The van der Waals surface area contributed by atoms with Gasteiger partial charge in [-0.1, -0.05) is 18.6 Å². The molecule has 1 aliphatic carbocycles. The van der Waals surface area contributed by atoms with Crippen molar-refractivity contribution in [2.45, 2.75) is 38.4 Å². The Bertz CT molecular complexity index is 796. The van der Waals surface area contributed by atoms with Crippen molar-refractivity contribution in [1.82, 2.24) is 14.9 Å². The summed E-state index contributed by atoms with van der Waals surface area (Å²) in [6.45, 7) is 3.99. The van der Waals surface area contributed by atoms with Crippen LogP contribution in [-0.4, -0.2) is 64.4 Å². The van der Waals surface area contributed by atoms with Crippen LogP contribution < -0.4 is 10.0 Å². The molecule has 2 N–H and O–H groups in total. The number of nitrogens with one attached hydrogen (secondary N) is 2. The van der Waals surface area contributed by atoms with Crippen LogP contribution in [0.3, 0.4) is 0 Å². The predicted octanol–water partition coefficient (Wildman–Crippen LogP) is 1.88. The van der Waals surface area contributed by atoms with E-state index >= 15 is 0 Å². The van der Waals surface area contributed by atoms with Crippen LogP contribution in [0, 0.1) is 11.7 Å². The second-order valence-electron chi connectivity index (χ2n) is 7.83. The Labute approximate surface area is 172 Å². The molecule has 2 atom stereocenters. The highest BCUT2D eigenvalue weighted by atomic mass is 32.2. The zero-order chi connectivity index (χ0) is 20.9. The van der Waals surface area contributed by atoms with Gasteiger partial charge in [-0.2, -0.15) is 0 Å². The Morgan fingerprint density at radius 2 is 2.00 bits per heavy atom. The molecule has 29 heavy (non-hydrogen) atoms. The average molecular weight is 427 g/mol. The highest BCUT2D eigenvalue weighted by Gasteiger charge is 2.28. The minimum atomic E-state index is -3.30. The van der Waals surface area contributed by atoms with Gasteiger partial charge in [0.05, 0.1) is 18.4 Å². The van der Waals surface area contributed by atoms with Gasteiger partial charge in [0.15, 0.2) is 5.96 Å². The lowest BCUT2D eigenvalue weighted by molar-refractivity contribution is -0.0604. The summed E-state index contributed by atoms with van der Waals surface area (Å²) in [6, 6.07) is 6.31. The van der Waals surface area contributed by atoms with Gasteiger partial charge in [0.2, 0.25) is 10.0 Å². The first-order valence-electron chi connectivity index (χ1n) is 10.2. The zero-order valence-corrected chi connectivity index (χ0v) is 17.9. The lowest BCUT2D eigenvalue weighted by Gasteiger charge is -2.38. The maximum absolute atomic E-state index is 13.2. The van der Waals surface area contributed by atoms with Crippen LogP contribution in [0.2, 0.25) is 0 Å². The summed E-state index contributed by atoms with van der Waals surface area (Å²) in [5, 5.41) is 3.15. The minimum absolute atomic E-state index is 0.0000241. The molecule has 1 heterocycles. The van der Waals surface area contributed by atoms with Crippen molar-refractivity contribution in [1.29, 1.82) is 0 Å². The summed E-state index contributed by atoms with van der Waals surface area (Å²) < 4.78 is 46.3. The molecule has 7 nitrogen and oxygen atoms in total. The normalized spacial score (nSPS) is 23.7. The third kappa shape index (κ3) is 6.38. The highest BCUT2D eigenvalue weighted by Crippen LogP contribution is 2.26. The van der Waals surface area contributed by atoms with Crippen LogP contribution in [0.25, 0.3) is 0 Å². The number of morpholine rings is 1. The Balaban J connectivity index is 1.52. The van der Waals surface area contributed by atoms with E-state index in [9.17, 15) is 12.8 Å².